The van der Waals surface area contributed by atoms with Gasteiger partial charge in [-0.3, -0.25) is 14.5 Å². The van der Waals surface area contributed by atoms with Gasteiger partial charge >= 0.3 is 0 Å². The van der Waals surface area contributed by atoms with Gasteiger partial charge in [-0.05, 0) is 23.6 Å². The monoisotopic (exact) mass is 417 g/mol. The first kappa shape index (κ1) is 19.0. The van der Waals surface area contributed by atoms with E-state index in [4.69, 9.17) is 0 Å². The van der Waals surface area contributed by atoms with Crippen LogP contribution < -0.4 is 15.3 Å². The van der Waals surface area contributed by atoms with Crippen LogP contribution in [0.5, 0.6) is 0 Å². The van der Waals surface area contributed by atoms with Crippen LogP contribution in [0.2, 0.25) is 0 Å². The van der Waals surface area contributed by atoms with Crippen molar-refractivity contribution in [3.63, 3.8) is 0 Å². The lowest BCUT2D eigenvalue weighted by atomic mass is 10.0. The van der Waals surface area contributed by atoms with Crippen LogP contribution in [0.15, 0.2) is 53.2 Å². The van der Waals surface area contributed by atoms with Crippen molar-refractivity contribution in [3.8, 4) is 0 Å². The highest BCUT2D eigenvalue weighted by Gasteiger charge is 2.53. The number of quaternary nitrogens is 1. The molecule has 0 bridgehead atoms. The number of hydrogen-bond acceptors (Lipinski definition) is 6. The minimum Gasteiger partial charge on any atom is -0.543 e. The van der Waals surface area contributed by atoms with Gasteiger partial charge in [-0.25, -0.2) is 0 Å². The molecule has 3 atom stereocenters. The van der Waals surface area contributed by atoms with E-state index < -0.39 is 23.3 Å². The van der Waals surface area contributed by atoms with Gasteiger partial charge in [0.15, 0.2) is 0 Å². The maximum absolute atomic E-state index is 12.6. The first-order chi connectivity index (χ1) is 13.5. The van der Waals surface area contributed by atoms with Crippen LogP contribution in [0, 0.1) is 0 Å². The Morgan fingerprint density at radius 2 is 2.21 bits per heavy atom. The van der Waals surface area contributed by atoms with Crippen LogP contribution >= 0.6 is 23.1 Å². The van der Waals surface area contributed by atoms with E-state index in [1.54, 1.807) is 0 Å². The molecule has 4 rings (SSSR count). The molecular weight excluding hydrogens is 398 g/mol. The molecule has 7 nitrogen and oxygen atoms in total. The molecule has 0 radical (unpaired) electrons. The second-order valence-corrected chi connectivity index (χ2v) is 8.91. The number of carboxylic acids is 1. The highest BCUT2D eigenvalue weighted by Crippen LogP contribution is 2.39. The van der Waals surface area contributed by atoms with Crippen molar-refractivity contribution in [2.75, 3.05) is 18.8 Å². The molecule has 2 N–H and O–H groups in total. The summed E-state index contributed by atoms with van der Waals surface area (Å²) in [6.07, 6.45) is 8.07. The third kappa shape index (κ3) is 3.65. The molecule has 4 heterocycles. The molecule has 3 aliphatic heterocycles. The summed E-state index contributed by atoms with van der Waals surface area (Å²) in [6.45, 7) is 1.27. The van der Waals surface area contributed by atoms with Gasteiger partial charge in [-0.15, -0.1) is 23.1 Å². The number of amides is 2. The summed E-state index contributed by atoms with van der Waals surface area (Å²) in [5.74, 6) is -1.47. The fourth-order valence-corrected chi connectivity index (χ4v) is 5.62. The zero-order valence-electron chi connectivity index (χ0n) is 14.9. The van der Waals surface area contributed by atoms with Gasteiger partial charge < -0.3 is 20.1 Å². The third-order valence-corrected chi connectivity index (χ3v) is 7.09. The van der Waals surface area contributed by atoms with Gasteiger partial charge in [0.05, 0.1) is 24.3 Å². The van der Waals surface area contributed by atoms with Gasteiger partial charge in [-0.2, -0.15) is 0 Å². The zero-order valence-corrected chi connectivity index (χ0v) is 16.6. The first-order valence-electron chi connectivity index (χ1n) is 8.92. The number of aliphatic carboxylic acids is 1. The van der Waals surface area contributed by atoms with E-state index in [1.165, 1.54) is 28.0 Å². The number of rotatable bonds is 6. The quantitative estimate of drug-likeness (QED) is 0.559. The second kappa shape index (κ2) is 7.94. The standard InChI is InChI=1S/C19H19N3O4S2/c23-14(9-13-5-4-8-27-13)20-15-17(24)22-16(19(25)26)12(11-28-18(15)22)10-21-6-2-1-3-7-21/h1-6,8,15,18H,7,9-11H2,(H,20,23)(H,25,26). The Bertz CT molecular complexity index is 891. The maximum atomic E-state index is 12.6. The van der Waals surface area contributed by atoms with Gasteiger partial charge in [0.1, 0.15) is 24.5 Å². The van der Waals surface area contributed by atoms with Gasteiger partial charge in [0.2, 0.25) is 5.91 Å². The maximum Gasteiger partial charge on any atom is 0.253 e. The van der Waals surface area contributed by atoms with Crippen LogP contribution in [0.3, 0.4) is 0 Å². The topological polar surface area (TPSA) is 94.0 Å². The van der Waals surface area contributed by atoms with E-state index in [-0.39, 0.29) is 18.0 Å². The summed E-state index contributed by atoms with van der Waals surface area (Å²) in [7, 11) is 0. The molecule has 146 valence electrons. The number of nitrogens with one attached hydrogen (secondary N) is 2. The van der Waals surface area contributed by atoms with Crippen LogP contribution in [0.4, 0.5) is 0 Å². The minimum atomic E-state index is -1.34. The number of β-lactam (4-membered cyclic amide) rings is 1. The molecule has 1 aromatic rings. The summed E-state index contributed by atoms with van der Waals surface area (Å²) in [5.41, 5.74) is 0.654. The number of thioether (sulfide) groups is 1. The van der Waals surface area contributed by atoms with Crippen molar-refractivity contribution < 1.29 is 24.4 Å². The molecule has 0 spiro atoms. The minimum absolute atomic E-state index is 0.0343. The van der Waals surface area contributed by atoms with Crippen molar-refractivity contribution in [1.29, 1.82) is 0 Å². The first-order valence-corrected chi connectivity index (χ1v) is 10.8. The van der Waals surface area contributed by atoms with E-state index in [1.807, 2.05) is 41.9 Å². The zero-order chi connectivity index (χ0) is 19.7. The van der Waals surface area contributed by atoms with Gasteiger partial charge in [0, 0.05) is 16.2 Å². The van der Waals surface area contributed by atoms with Gasteiger partial charge in [0.25, 0.3) is 5.91 Å². The average Bonchev–Trinajstić information content (AvgIpc) is 3.19. The molecule has 3 unspecified atom stereocenters. The van der Waals surface area contributed by atoms with E-state index in [0.29, 0.717) is 17.9 Å². The molecule has 0 aliphatic carbocycles. The fourth-order valence-electron chi connectivity index (χ4n) is 3.57. The molecule has 3 aliphatic rings. The number of carbonyl (C=O) groups excluding carboxylic acids is 3. The number of hydrogen-bond donors (Lipinski definition) is 2. The number of carboxylic acid groups (broad SMARTS) is 1. The predicted octanol–water partition coefficient (Wildman–Crippen LogP) is -1.34. The molecule has 2 amide bonds. The Labute approximate surface area is 170 Å². The lowest BCUT2D eigenvalue weighted by molar-refractivity contribution is -0.835. The number of nitrogens with zero attached hydrogens (tertiary/aromatic N) is 1. The lowest BCUT2D eigenvalue weighted by Crippen LogP contribution is -3.08. The van der Waals surface area contributed by atoms with Gasteiger partial charge in [-0.1, -0.05) is 12.1 Å². The number of fused-ring (bicyclic) bond motifs is 1. The van der Waals surface area contributed by atoms with Crippen LogP contribution in [0.1, 0.15) is 4.88 Å². The molecule has 1 saturated heterocycles. The molecule has 28 heavy (non-hydrogen) atoms. The number of thiophene rings is 1. The lowest BCUT2D eigenvalue weighted by Gasteiger charge is -2.50. The van der Waals surface area contributed by atoms with E-state index >= 15 is 0 Å². The second-order valence-electron chi connectivity index (χ2n) is 6.78. The Kier molecular flexibility index (Phi) is 5.38. The van der Waals surface area contributed by atoms with Crippen LogP contribution in [0.25, 0.3) is 0 Å². The Balaban J connectivity index is 1.46. The average molecular weight is 418 g/mol. The van der Waals surface area contributed by atoms with E-state index in [9.17, 15) is 19.5 Å². The van der Waals surface area contributed by atoms with Crippen molar-refractivity contribution in [2.24, 2.45) is 0 Å². The largest absolute Gasteiger partial charge is 0.543 e. The number of carbonyl (C=O) groups is 3. The highest BCUT2D eigenvalue weighted by atomic mass is 32.2. The molecule has 0 aromatic carbocycles. The third-order valence-electron chi connectivity index (χ3n) is 4.87. The molecule has 1 fully saturated rings. The SMILES string of the molecule is O=C(Cc1cccs1)NC1C(=O)N2C(C(=O)[O-])=C(C[NH+]3C=CC=CC3)CSC12. The van der Waals surface area contributed by atoms with E-state index in [0.717, 1.165) is 16.3 Å². The van der Waals surface area contributed by atoms with E-state index in [2.05, 4.69) is 5.32 Å². The Morgan fingerprint density at radius 1 is 1.36 bits per heavy atom. The van der Waals surface area contributed by atoms with Crippen molar-refractivity contribution >= 4 is 40.9 Å². The summed E-state index contributed by atoms with van der Waals surface area (Å²) >= 11 is 2.96. The molecule has 9 heteroatoms. The molecule has 0 saturated carbocycles. The van der Waals surface area contributed by atoms with Crippen LogP contribution in [-0.2, 0) is 20.8 Å². The Hall–Kier alpha value is -2.36. The van der Waals surface area contributed by atoms with Crippen molar-refractivity contribution in [3.05, 3.63) is 58.1 Å². The van der Waals surface area contributed by atoms with Crippen LogP contribution in [-0.4, -0.2) is 52.9 Å². The Morgan fingerprint density at radius 3 is 2.89 bits per heavy atom. The predicted molar refractivity (Wildman–Crippen MR) is 104 cm³/mol. The van der Waals surface area contributed by atoms with Crippen molar-refractivity contribution in [2.45, 2.75) is 17.8 Å². The summed E-state index contributed by atoms with van der Waals surface area (Å²) in [6, 6.07) is 3.04. The normalized spacial score (nSPS) is 26.1. The summed E-state index contributed by atoms with van der Waals surface area (Å²) in [4.78, 5) is 39.9. The highest BCUT2D eigenvalue weighted by molar-refractivity contribution is 8.00. The summed E-state index contributed by atoms with van der Waals surface area (Å²) in [5, 5.41) is 16.0. The number of allylic oxidation sites excluding steroid dienone is 2. The molecular formula is C19H19N3O4S2. The van der Waals surface area contributed by atoms with Crippen molar-refractivity contribution in [1.82, 2.24) is 10.2 Å². The summed E-state index contributed by atoms with van der Waals surface area (Å²) < 4.78 is 0. The smallest absolute Gasteiger partial charge is 0.253 e. The fraction of sp³-hybridized carbons (Fsp3) is 0.316. The molecule has 1 aromatic heterocycles.